The molecular weight excluding hydrogens is 324 g/mol. The number of nitrogens with one attached hydrogen (secondary N) is 2. The lowest BCUT2D eigenvalue weighted by molar-refractivity contribution is -0.121. The second kappa shape index (κ2) is 8.01. The third-order valence-corrected chi connectivity index (χ3v) is 3.39. The lowest BCUT2D eigenvalue weighted by Gasteiger charge is -2.19. The highest BCUT2D eigenvalue weighted by Crippen LogP contribution is 2.10. The van der Waals surface area contributed by atoms with Gasteiger partial charge in [-0.25, -0.2) is 0 Å². The largest absolute Gasteiger partial charge is 0.394 e. The summed E-state index contributed by atoms with van der Waals surface area (Å²) in [6, 6.07) is 6.56. The maximum atomic E-state index is 11.8. The first-order valence-electron chi connectivity index (χ1n) is 6.38. The van der Waals surface area contributed by atoms with Crippen molar-refractivity contribution in [2.75, 3.05) is 13.2 Å². The SMILES string of the molecule is CC(C)C(CO)NC(=O)CNC(=O)c1ccc(Br)cc1. The Balaban J connectivity index is 2.44. The Bertz CT molecular complexity index is 460. The van der Waals surface area contributed by atoms with Crippen LogP contribution in [0.3, 0.4) is 0 Å². The van der Waals surface area contributed by atoms with Crippen molar-refractivity contribution in [3.8, 4) is 0 Å². The fourth-order valence-corrected chi connectivity index (χ4v) is 1.81. The number of benzene rings is 1. The zero-order chi connectivity index (χ0) is 15.1. The van der Waals surface area contributed by atoms with Crippen molar-refractivity contribution in [2.45, 2.75) is 19.9 Å². The molecule has 1 unspecified atom stereocenters. The van der Waals surface area contributed by atoms with Gasteiger partial charge in [-0.15, -0.1) is 0 Å². The van der Waals surface area contributed by atoms with Crippen molar-refractivity contribution in [1.82, 2.24) is 10.6 Å². The summed E-state index contributed by atoms with van der Waals surface area (Å²) in [7, 11) is 0. The van der Waals surface area contributed by atoms with Crippen molar-refractivity contribution in [1.29, 1.82) is 0 Å². The van der Waals surface area contributed by atoms with Gasteiger partial charge in [0, 0.05) is 10.0 Å². The Morgan fingerprint density at radius 2 is 1.85 bits per heavy atom. The maximum Gasteiger partial charge on any atom is 0.251 e. The molecule has 1 aromatic carbocycles. The van der Waals surface area contributed by atoms with Gasteiger partial charge in [0.25, 0.3) is 5.91 Å². The fourth-order valence-electron chi connectivity index (χ4n) is 1.54. The second-order valence-corrected chi connectivity index (χ2v) is 5.71. The summed E-state index contributed by atoms with van der Waals surface area (Å²) >= 11 is 3.29. The number of hydrogen-bond donors (Lipinski definition) is 3. The Hall–Kier alpha value is -1.40. The van der Waals surface area contributed by atoms with Crippen LogP contribution in [0.5, 0.6) is 0 Å². The van der Waals surface area contributed by atoms with Crippen LogP contribution in [0.2, 0.25) is 0 Å². The molecule has 0 aliphatic heterocycles. The number of amides is 2. The van der Waals surface area contributed by atoms with Gasteiger partial charge in [0.05, 0.1) is 19.2 Å². The number of carbonyl (C=O) groups is 2. The van der Waals surface area contributed by atoms with Crippen LogP contribution in [0.15, 0.2) is 28.7 Å². The number of aliphatic hydroxyl groups excluding tert-OH is 1. The minimum Gasteiger partial charge on any atom is -0.394 e. The van der Waals surface area contributed by atoms with E-state index in [9.17, 15) is 9.59 Å². The molecule has 0 aliphatic rings. The normalized spacial score (nSPS) is 12.1. The molecule has 0 heterocycles. The fraction of sp³-hybridized carbons (Fsp3) is 0.429. The van der Waals surface area contributed by atoms with Gasteiger partial charge in [0.2, 0.25) is 5.91 Å². The molecule has 0 saturated carbocycles. The number of carbonyl (C=O) groups excluding carboxylic acids is 2. The smallest absolute Gasteiger partial charge is 0.251 e. The molecule has 0 aromatic heterocycles. The highest BCUT2D eigenvalue weighted by Gasteiger charge is 2.15. The first-order chi connectivity index (χ1) is 9.43. The predicted molar refractivity (Wildman–Crippen MR) is 80.3 cm³/mol. The molecule has 0 radical (unpaired) electrons. The minimum absolute atomic E-state index is 0.113. The average Bonchev–Trinajstić information content (AvgIpc) is 2.42. The van der Waals surface area contributed by atoms with E-state index in [1.54, 1.807) is 24.3 Å². The Labute approximate surface area is 126 Å². The molecule has 1 rings (SSSR count). The maximum absolute atomic E-state index is 11.8. The first kappa shape index (κ1) is 16.7. The summed E-state index contributed by atoms with van der Waals surface area (Å²) in [5.74, 6) is -0.493. The Kier molecular flexibility index (Phi) is 6.67. The van der Waals surface area contributed by atoms with Crippen LogP contribution in [0.25, 0.3) is 0 Å². The zero-order valence-electron chi connectivity index (χ0n) is 11.5. The van der Waals surface area contributed by atoms with E-state index in [0.717, 1.165) is 4.47 Å². The second-order valence-electron chi connectivity index (χ2n) is 4.79. The molecule has 0 bridgehead atoms. The quantitative estimate of drug-likeness (QED) is 0.729. The van der Waals surface area contributed by atoms with Gasteiger partial charge >= 0.3 is 0 Å². The van der Waals surface area contributed by atoms with Crippen LogP contribution in [0.4, 0.5) is 0 Å². The van der Waals surface area contributed by atoms with E-state index < -0.39 is 0 Å². The average molecular weight is 343 g/mol. The number of aliphatic hydroxyl groups is 1. The molecule has 1 aromatic rings. The molecular formula is C14H19BrN2O3. The van der Waals surface area contributed by atoms with Crippen molar-refractivity contribution in [2.24, 2.45) is 5.92 Å². The standard InChI is InChI=1S/C14H19BrN2O3/c1-9(2)12(8-18)17-13(19)7-16-14(20)10-3-5-11(15)6-4-10/h3-6,9,12,18H,7-8H2,1-2H3,(H,16,20)(H,17,19). The zero-order valence-corrected chi connectivity index (χ0v) is 13.1. The number of halogens is 1. The lowest BCUT2D eigenvalue weighted by atomic mass is 10.1. The molecule has 2 amide bonds. The van der Waals surface area contributed by atoms with Crippen LogP contribution < -0.4 is 10.6 Å². The third kappa shape index (κ3) is 5.30. The van der Waals surface area contributed by atoms with Crippen molar-refractivity contribution >= 4 is 27.7 Å². The predicted octanol–water partition coefficient (Wildman–Crippen LogP) is 1.31. The van der Waals surface area contributed by atoms with Crippen molar-refractivity contribution < 1.29 is 14.7 Å². The first-order valence-corrected chi connectivity index (χ1v) is 7.17. The highest BCUT2D eigenvalue weighted by molar-refractivity contribution is 9.10. The van der Waals surface area contributed by atoms with Gasteiger partial charge in [-0.2, -0.15) is 0 Å². The van der Waals surface area contributed by atoms with Gasteiger partial charge < -0.3 is 15.7 Å². The van der Waals surface area contributed by atoms with E-state index in [2.05, 4.69) is 26.6 Å². The topological polar surface area (TPSA) is 78.4 Å². The molecule has 3 N–H and O–H groups in total. The molecule has 0 spiro atoms. The van der Waals surface area contributed by atoms with Crippen LogP contribution in [-0.2, 0) is 4.79 Å². The summed E-state index contributed by atoms with van der Waals surface area (Å²) in [6.07, 6.45) is 0. The van der Waals surface area contributed by atoms with Crippen LogP contribution >= 0.6 is 15.9 Å². The molecule has 1 atom stereocenters. The number of rotatable bonds is 6. The van der Waals surface area contributed by atoms with E-state index in [0.29, 0.717) is 5.56 Å². The molecule has 0 fully saturated rings. The van der Waals surface area contributed by atoms with Crippen LogP contribution in [0, 0.1) is 5.92 Å². The summed E-state index contributed by atoms with van der Waals surface area (Å²) in [5.41, 5.74) is 0.489. The molecule has 5 nitrogen and oxygen atoms in total. The molecule has 0 aliphatic carbocycles. The van der Waals surface area contributed by atoms with Crippen LogP contribution in [0.1, 0.15) is 24.2 Å². The molecule has 20 heavy (non-hydrogen) atoms. The summed E-state index contributed by atoms with van der Waals surface area (Å²) in [5, 5.41) is 14.3. The lowest BCUT2D eigenvalue weighted by Crippen LogP contribution is -2.45. The summed E-state index contributed by atoms with van der Waals surface area (Å²) in [6.45, 7) is 3.57. The van der Waals surface area contributed by atoms with Gasteiger partial charge in [-0.1, -0.05) is 29.8 Å². The minimum atomic E-state index is -0.316. The van der Waals surface area contributed by atoms with Crippen molar-refractivity contribution in [3.63, 3.8) is 0 Å². The van der Waals surface area contributed by atoms with E-state index in [1.165, 1.54) is 0 Å². The van der Waals surface area contributed by atoms with Gasteiger partial charge in [0.15, 0.2) is 0 Å². The van der Waals surface area contributed by atoms with Gasteiger partial charge in [-0.3, -0.25) is 9.59 Å². The van der Waals surface area contributed by atoms with Crippen LogP contribution in [-0.4, -0.2) is 36.1 Å². The molecule has 0 saturated heterocycles. The third-order valence-electron chi connectivity index (χ3n) is 2.86. The van der Waals surface area contributed by atoms with E-state index in [1.807, 2.05) is 13.8 Å². The van der Waals surface area contributed by atoms with Gasteiger partial charge in [0.1, 0.15) is 0 Å². The van der Waals surface area contributed by atoms with E-state index in [4.69, 9.17) is 5.11 Å². The summed E-state index contributed by atoms with van der Waals surface area (Å²) in [4.78, 5) is 23.5. The van der Waals surface area contributed by atoms with Gasteiger partial charge in [-0.05, 0) is 30.2 Å². The monoisotopic (exact) mass is 342 g/mol. The Morgan fingerprint density at radius 1 is 1.25 bits per heavy atom. The van der Waals surface area contributed by atoms with Crippen molar-refractivity contribution in [3.05, 3.63) is 34.3 Å². The molecule has 6 heteroatoms. The van der Waals surface area contributed by atoms with E-state index in [-0.39, 0.29) is 36.9 Å². The Morgan fingerprint density at radius 3 is 2.35 bits per heavy atom. The highest BCUT2D eigenvalue weighted by atomic mass is 79.9. The molecule has 110 valence electrons. The summed E-state index contributed by atoms with van der Waals surface area (Å²) < 4.78 is 0.884. The van der Waals surface area contributed by atoms with E-state index >= 15 is 0 Å². The number of hydrogen-bond acceptors (Lipinski definition) is 3.